The van der Waals surface area contributed by atoms with E-state index >= 15 is 0 Å². The normalized spacial score (nSPS) is 34.8. The van der Waals surface area contributed by atoms with Gasteiger partial charge in [0, 0.05) is 24.6 Å². The minimum atomic E-state index is -0.513. The van der Waals surface area contributed by atoms with E-state index in [1.807, 2.05) is 0 Å². The molecule has 7 nitrogen and oxygen atoms in total. The van der Waals surface area contributed by atoms with Crippen molar-refractivity contribution < 1.29 is 9.90 Å². The molecular weight excluding hydrogens is 354 g/mol. The number of aliphatic hydroxyl groups is 1. The van der Waals surface area contributed by atoms with E-state index in [4.69, 9.17) is 11.6 Å². The maximum Gasteiger partial charge on any atom is 0.256 e. The zero-order valence-corrected chi connectivity index (χ0v) is 14.9. The SMILES string of the molecule is O=C(NC1C2CC3CC1CC(O)(C3)C2)c1cnc(Cl)nc1-n1cccn1. The number of hydrogen-bond acceptors (Lipinski definition) is 5. The van der Waals surface area contributed by atoms with E-state index in [9.17, 15) is 9.90 Å². The van der Waals surface area contributed by atoms with Crippen LogP contribution in [-0.2, 0) is 0 Å². The van der Waals surface area contributed by atoms with Gasteiger partial charge in [0.2, 0.25) is 5.28 Å². The highest BCUT2D eigenvalue weighted by Gasteiger charge is 2.55. The first-order valence-corrected chi connectivity index (χ1v) is 9.44. The van der Waals surface area contributed by atoms with Gasteiger partial charge in [-0.15, -0.1) is 0 Å². The molecule has 136 valence electrons. The number of rotatable bonds is 3. The van der Waals surface area contributed by atoms with E-state index < -0.39 is 5.60 Å². The quantitative estimate of drug-likeness (QED) is 0.802. The van der Waals surface area contributed by atoms with Gasteiger partial charge < -0.3 is 10.4 Å². The number of nitrogens with one attached hydrogen (secondary N) is 1. The van der Waals surface area contributed by atoms with E-state index in [0.29, 0.717) is 29.1 Å². The van der Waals surface area contributed by atoms with Gasteiger partial charge in [0.15, 0.2) is 5.82 Å². The molecule has 2 N–H and O–H groups in total. The van der Waals surface area contributed by atoms with Crippen LogP contribution < -0.4 is 5.32 Å². The van der Waals surface area contributed by atoms with Gasteiger partial charge in [0.25, 0.3) is 5.91 Å². The number of hydrogen-bond donors (Lipinski definition) is 2. The molecule has 2 heterocycles. The second-order valence-electron chi connectivity index (χ2n) is 8.02. The van der Waals surface area contributed by atoms with E-state index in [1.54, 1.807) is 18.5 Å². The van der Waals surface area contributed by atoms with Crippen LogP contribution in [0.25, 0.3) is 5.82 Å². The molecule has 2 atom stereocenters. The number of amides is 1. The molecule has 2 aromatic heterocycles. The van der Waals surface area contributed by atoms with Gasteiger partial charge in [-0.25, -0.2) is 9.67 Å². The Kier molecular flexibility index (Phi) is 3.59. The Morgan fingerprint density at radius 3 is 2.73 bits per heavy atom. The topological polar surface area (TPSA) is 92.9 Å². The van der Waals surface area contributed by atoms with Crippen molar-refractivity contribution in [3.05, 3.63) is 35.5 Å². The fourth-order valence-corrected chi connectivity index (χ4v) is 5.66. The molecule has 26 heavy (non-hydrogen) atoms. The van der Waals surface area contributed by atoms with Gasteiger partial charge in [-0.3, -0.25) is 4.79 Å². The Labute approximate surface area is 155 Å². The number of nitrogens with zero attached hydrogens (tertiary/aromatic N) is 4. The lowest BCUT2D eigenvalue weighted by atomic mass is 9.52. The summed E-state index contributed by atoms with van der Waals surface area (Å²) >= 11 is 5.92. The lowest BCUT2D eigenvalue weighted by Crippen LogP contribution is -2.61. The summed E-state index contributed by atoms with van der Waals surface area (Å²) < 4.78 is 1.52. The smallest absolute Gasteiger partial charge is 0.256 e. The molecule has 8 heteroatoms. The predicted molar refractivity (Wildman–Crippen MR) is 93.9 cm³/mol. The van der Waals surface area contributed by atoms with Gasteiger partial charge in [0.05, 0.1) is 5.60 Å². The van der Waals surface area contributed by atoms with E-state index in [1.165, 1.54) is 10.9 Å². The van der Waals surface area contributed by atoms with Crippen molar-refractivity contribution in [1.29, 1.82) is 0 Å². The Balaban J connectivity index is 1.42. The summed E-state index contributed by atoms with van der Waals surface area (Å²) in [5.41, 5.74) is -0.160. The summed E-state index contributed by atoms with van der Waals surface area (Å²) in [6.07, 6.45) is 9.46. The van der Waals surface area contributed by atoms with Crippen molar-refractivity contribution >= 4 is 17.5 Å². The Hall–Kier alpha value is -1.99. The second kappa shape index (κ2) is 5.76. The molecule has 4 aliphatic rings. The first-order chi connectivity index (χ1) is 12.5. The minimum Gasteiger partial charge on any atom is -0.390 e. The molecule has 4 aliphatic carbocycles. The monoisotopic (exact) mass is 373 g/mol. The van der Waals surface area contributed by atoms with Crippen molar-refractivity contribution in [2.24, 2.45) is 17.8 Å². The molecule has 0 aliphatic heterocycles. The summed E-state index contributed by atoms with van der Waals surface area (Å²) in [6, 6.07) is 1.86. The maximum atomic E-state index is 13.0. The lowest BCUT2D eigenvalue weighted by molar-refractivity contribution is -0.136. The van der Waals surface area contributed by atoms with Crippen LogP contribution in [0.15, 0.2) is 24.7 Å². The Morgan fingerprint density at radius 2 is 2.08 bits per heavy atom. The van der Waals surface area contributed by atoms with Crippen LogP contribution in [0.1, 0.15) is 42.5 Å². The molecule has 0 aromatic carbocycles. The molecule has 1 amide bonds. The Morgan fingerprint density at radius 1 is 1.31 bits per heavy atom. The van der Waals surface area contributed by atoms with Crippen LogP contribution >= 0.6 is 11.6 Å². The molecule has 2 aromatic rings. The largest absolute Gasteiger partial charge is 0.390 e. The van der Waals surface area contributed by atoms with Crippen molar-refractivity contribution in [2.45, 2.75) is 43.7 Å². The number of aromatic nitrogens is 4. The van der Waals surface area contributed by atoms with Gasteiger partial charge in [-0.2, -0.15) is 10.1 Å². The third-order valence-corrected chi connectivity index (χ3v) is 6.43. The molecule has 0 spiro atoms. The molecule has 2 unspecified atom stereocenters. The fraction of sp³-hybridized carbons (Fsp3) is 0.556. The summed E-state index contributed by atoms with van der Waals surface area (Å²) in [5.74, 6) is 1.45. The maximum absolute atomic E-state index is 13.0. The average Bonchev–Trinajstić information content (AvgIpc) is 3.11. The summed E-state index contributed by atoms with van der Waals surface area (Å²) in [5, 5.41) is 18.1. The highest BCUT2D eigenvalue weighted by Crippen LogP contribution is 2.55. The second-order valence-corrected chi connectivity index (χ2v) is 8.36. The molecule has 0 radical (unpaired) electrons. The summed E-state index contributed by atoms with van der Waals surface area (Å²) in [7, 11) is 0. The zero-order chi connectivity index (χ0) is 17.9. The van der Waals surface area contributed by atoms with Crippen molar-refractivity contribution in [3.8, 4) is 5.82 Å². The average molecular weight is 374 g/mol. The first kappa shape index (κ1) is 16.2. The summed E-state index contributed by atoms with van der Waals surface area (Å²) in [4.78, 5) is 21.2. The predicted octanol–water partition coefficient (Wildman–Crippen LogP) is 1.99. The summed E-state index contributed by atoms with van der Waals surface area (Å²) in [6.45, 7) is 0. The third-order valence-electron chi connectivity index (χ3n) is 6.24. The number of carbonyl (C=O) groups excluding carboxylic acids is 1. The van der Waals surface area contributed by atoms with Gasteiger partial charge in [0.1, 0.15) is 5.56 Å². The molecule has 0 saturated heterocycles. The van der Waals surface area contributed by atoms with Crippen LogP contribution in [0.2, 0.25) is 5.28 Å². The first-order valence-electron chi connectivity index (χ1n) is 9.06. The molecular formula is C18H20ClN5O2. The van der Waals surface area contributed by atoms with Gasteiger partial charge in [-0.1, -0.05) is 0 Å². The minimum absolute atomic E-state index is 0.0731. The van der Waals surface area contributed by atoms with Gasteiger partial charge >= 0.3 is 0 Å². The highest BCUT2D eigenvalue weighted by atomic mass is 35.5. The van der Waals surface area contributed by atoms with Crippen molar-refractivity contribution in [3.63, 3.8) is 0 Å². The van der Waals surface area contributed by atoms with Crippen molar-refractivity contribution in [1.82, 2.24) is 25.1 Å². The standard InChI is InChI=1S/C18H20ClN5O2/c19-17-20-9-13(15(23-17)24-3-1-2-21-24)16(25)22-14-11-4-10-5-12(14)8-18(26,6-10)7-11/h1-3,9-12,14,26H,4-8H2,(H,22,25). The zero-order valence-electron chi connectivity index (χ0n) is 14.2. The van der Waals surface area contributed by atoms with Crippen LogP contribution in [0, 0.1) is 17.8 Å². The number of carbonyl (C=O) groups is 1. The lowest BCUT2D eigenvalue weighted by Gasteiger charge is -2.58. The van der Waals surface area contributed by atoms with E-state index in [0.717, 1.165) is 32.1 Å². The van der Waals surface area contributed by atoms with E-state index in [2.05, 4.69) is 20.4 Å². The van der Waals surface area contributed by atoms with Crippen LogP contribution in [0.4, 0.5) is 0 Å². The van der Waals surface area contributed by atoms with Crippen LogP contribution in [0.5, 0.6) is 0 Å². The fourth-order valence-electron chi connectivity index (χ4n) is 5.53. The molecule has 4 bridgehead atoms. The van der Waals surface area contributed by atoms with Gasteiger partial charge in [-0.05, 0) is 67.5 Å². The molecule has 4 saturated carbocycles. The van der Waals surface area contributed by atoms with Crippen LogP contribution in [0.3, 0.4) is 0 Å². The Bertz CT molecular complexity index is 839. The van der Waals surface area contributed by atoms with Crippen molar-refractivity contribution in [2.75, 3.05) is 0 Å². The third kappa shape index (κ3) is 2.61. The van der Waals surface area contributed by atoms with E-state index in [-0.39, 0.29) is 17.2 Å². The highest BCUT2D eigenvalue weighted by molar-refractivity contribution is 6.28. The number of halogens is 1. The molecule has 6 rings (SSSR count). The van der Waals surface area contributed by atoms with Crippen LogP contribution in [-0.4, -0.2) is 42.4 Å². The molecule has 4 fully saturated rings.